The van der Waals surface area contributed by atoms with Gasteiger partial charge < -0.3 is 23.7 Å². The third kappa shape index (κ3) is 9.43. The molecule has 43 heavy (non-hydrogen) atoms. The number of carbonyl (C=O) groups is 3. The number of hydrogen-bond donors (Lipinski definition) is 0. The molecule has 0 spiro atoms. The van der Waals surface area contributed by atoms with E-state index < -0.39 is 23.7 Å². The van der Waals surface area contributed by atoms with Crippen LogP contribution < -0.4 is 14.2 Å². The maximum Gasteiger partial charge on any atom is 0.338 e. The lowest BCUT2D eigenvalue weighted by molar-refractivity contribution is -0.140. The molecule has 0 amide bonds. The summed E-state index contributed by atoms with van der Waals surface area (Å²) >= 11 is 0. The molecule has 0 N–H and O–H groups in total. The third-order valence-corrected chi connectivity index (χ3v) is 5.82. The van der Waals surface area contributed by atoms with E-state index in [1.54, 1.807) is 32.0 Å². The summed E-state index contributed by atoms with van der Waals surface area (Å²) in [4.78, 5) is 35.0. The van der Waals surface area contributed by atoms with E-state index in [0.717, 1.165) is 16.7 Å². The zero-order valence-electron chi connectivity index (χ0n) is 24.4. The molecule has 0 aliphatic rings. The molecular weight excluding hydrogens is 555 g/mol. The lowest BCUT2D eigenvalue weighted by Gasteiger charge is -2.15. The Morgan fingerprint density at radius 3 is 1.44 bits per heavy atom. The maximum absolute atomic E-state index is 14.6. The summed E-state index contributed by atoms with van der Waals surface area (Å²) in [6.45, 7) is 15.3. The van der Waals surface area contributed by atoms with Gasteiger partial charge in [0.1, 0.15) is 26.4 Å². The van der Waals surface area contributed by atoms with Crippen molar-refractivity contribution >= 4 is 17.9 Å². The first-order valence-electron chi connectivity index (χ1n) is 13.3. The second-order valence-electron chi connectivity index (χ2n) is 9.58. The summed E-state index contributed by atoms with van der Waals surface area (Å²) in [6, 6.07) is 17.1. The number of hydrogen-bond acceptors (Lipinski definition) is 8. The van der Waals surface area contributed by atoms with Crippen LogP contribution in [0.2, 0.25) is 0 Å². The number of halogens is 1. The van der Waals surface area contributed by atoms with Gasteiger partial charge in [0.15, 0.2) is 23.1 Å². The van der Waals surface area contributed by atoms with Crippen molar-refractivity contribution < 1.29 is 42.5 Å². The molecule has 0 radical (unpaired) electrons. The van der Waals surface area contributed by atoms with E-state index in [1.165, 1.54) is 19.1 Å². The van der Waals surface area contributed by atoms with Gasteiger partial charge in [-0.3, -0.25) is 0 Å². The van der Waals surface area contributed by atoms with Crippen LogP contribution in [0.5, 0.6) is 17.2 Å². The van der Waals surface area contributed by atoms with Gasteiger partial charge in [-0.15, -0.1) is 0 Å². The molecule has 9 heteroatoms. The number of esters is 3. The van der Waals surface area contributed by atoms with Gasteiger partial charge in [-0.2, -0.15) is 0 Å². The fraction of sp³-hybridized carbons (Fsp3) is 0.206. The second kappa shape index (κ2) is 15.2. The first-order chi connectivity index (χ1) is 20.5. The van der Waals surface area contributed by atoms with Gasteiger partial charge in [0.25, 0.3) is 0 Å². The molecule has 0 saturated heterocycles. The van der Waals surface area contributed by atoms with Crippen LogP contribution in [0.25, 0.3) is 22.3 Å². The number of rotatable bonds is 14. The molecule has 3 aromatic carbocycles. The van der Waals surface area contributed by atoms with Gasteiger partial charge >= 0.3 is 17.9 Å². The fourth-order valence-corrected chi connectivity index (χ4v) is 3.54. The maximum atomic E-state index is 14.6. The van der Waals surface area contributed by atoms with Crippen molar-refractivity contribution in [2.24, 2.45) is 0 Å². The molecule has 0 aromatic heterocycles. The lowest BCUT2D eigenvalue weighted by atomic mass is 10.00. The highest BCUT2D eigenvalue weighted by Gasteiger charge is 2.13. The van der Waals surface area contributed by atoms with E-state index in [4.69, 9.17) is 23.7 Å². The topological polar surface area (TPSA) is 97.4 Å². The SMILES string of the molecule is C=C(C)C(=O)OCCOc1ccc(-c2ccc(-c3ccc(OC(=O)C(=C)C)c(F)c3)cc2)cc1OCCOC(=O)C(=C)C. The Balaban J connectivity index is 1.76. The first-order valence-corrected chi connectivity index (χ1v) is 13.3. The van der Waals surface area contributed by atoms with Gasteiger partial charge in [-0.05, 0) is 67.3 Å². The number of benzene rings is 3. The summed E-state index contributed by atoms with van der Waals surface area (Å²) < 4.78 is 41.4. The summed E-state index contributed by atoms with van der Waals surface area (Å²) in [7, 11) is 0. The predicted octanol–water partition coefficient (Wildman–Crippen LogP) is 6.64. The molecule has 224 valence electrons. The highest BCUT2D eigenvalue weighted by Crippen LogP contribution is 2.34. The van der Waals surface area contributed by atoms with Crippen LogP contribution in [-0.2, 0) is 23.9 Å². The van der Waals surface area contributed by atoms with Crippen LogP contribution in [0, 0.1) is 5.82 Å². The van der Waals surface area contributed by atoms with E-state index in [1.807, 2.05) is 30.3 Å². The highest BCUT2D eigenvalue weighted by molar-refractivity contribution is 5.89. The van der Waals surface area contributed by atoms with Crippen LogP contribution in [-0.4, -0.2) is 44.3 Å². The molecule has 3 rings (SSSR count). The van der Waals surface area contributed by atoms with Crippen molar-refractivity contribution in [1.29, 1.82) is 0 Å². The molecule has 0 fully saturated rings. The largest absolute Gasteiger partial charge is 0.486 e. The molecule has 0 saturated carbocycles. The van der Waals surface area contributed by atoms with Crippen LogP contribution in [0.3, 0.4) is 0 Å². The first kappa shape index (κ1) is 32.3. The monoisotopic (exact) mass is 588 g/mol. The van der Waals surface area contributed by atoms with Crippen LogP contribution >= 0.6 is 0 Å². The van der Waals surface area contributed by atoms with E-state index in [0.29, 0.717) is 17.1 Å². The van der Waals surface area contributed by atoms with Crippen molar-refractivity contribution in [2.75, 3.05) is 26.4 Å². The Kier molecular flexibility index (Phi) is 11.4. The molecule has 0 heterocycles. The van der Waals surface area contributed by atoms with Crippen LogP contribution in [0.1, 0.15) is 20.8 Å². The van der Waals surface area contributed by atoms with Crippen molar-refractivity contribution in [3.05, 3.63) is 103 Å². The summed E-state index contributed by atoms with van der Waals surface area (Å²) in [5.74, 6) is -1.78. The Hall–Kier alpha value is -5.18. The summed E-state index contributed by atoms with van der Waals surface area (Å²) in [5, 5.41) is 0. The van der Waals surface area contributed by atoms with E-state index in [-0.39, 0.29) is 48.9 Å². The average molecular weight is 589 g/mol. The van der Waals surface area contributed by atoms with Gasteiger partial charge in [-0.1, -0.05) is 56.1 Å². The molecule has 0 bridgehead atoms. The van der Waals surface area contributed by atoms with Gasteiger partial charge in [0.2, 0.25) is 0 Å². The van der Waals surface area contributed by atoms with Crippen LogP contribution in [0.4, 0.5) is 4.39 Å². The number of ether oxygens (including phenoxy) is 5. The zero-order valence-corrected chi connectivity index (χ0v) is 24.4. The van der Waals surface area contributed by atoms with Crippen LogP contribution in [0.15, 0.2) is 97.1 Å². The number of carbonyl (C=O) groups excluding carboxylic acids is 3. The zero-order chi connectivity index (χ0) is 31.5. The van der Waals surface area contributed by atoms with E-state index >= 15 is 0 Å². The highest BCUT2D eigenvalue weighted by atomic mass is 19.1. The normalized spacial score (nSPS) is 10.3. The van der Waals surface area contributed by atoms with Gasteiger partial charge in [0, 0.05) is 16.7 Å². The Morgan fingerprint density at radius 1 is 0.558 bits per heavy atom. The molecular formula is C34H33FO8. The average Bonchev–Trinajstić information content (AvgIpc) is 2.98. The minimum Gasteiger partial charge on any atom is -0.486 e. The van der Waals surface area contributed by atoms with Gasteiger partial charge in [-0.25, -0.2) is 18.8 Å². The molecule has 0 aliphatic heterocycles. The summed E-state index contributed by atoms with van der Waals surface area (Å²) in [6.07, 6.45) is 0. The predicted molar refractivity (Wildman–Crippen MR) is 160 cm³/mol. The molecule has 0 atom stereocenters. The van der Waals surface area contributed by atoms with E-state index in [2.05, 4.69) is 19.7 Å². The van der Waals surface area contributed by atoms with Crippen molar-refractivity contribution in [3.63, 3.8) is 0 Å². The Bertz CT molecular complexity index is 1540. The van der Waals surface area contributed by atoms with Crippen molar-refractivity contribution in [3.8, 4) is 39.5 Å². The molecule has 8 nitrogen and oxygen atoms in total. The Morgan fingerprint density at radius 2 is 0.977 bits per heavy atom. The standard InChI is InChI=1S/C34H33FO8/c1-21(2)32(36)41-17-15-39-30-14-12-27(20-31(30)40-16-18-42-33(37)22(3)4)25-9-7-24(8-10-25)26-11-13-29(28(35)19-26)43-34(38)23(5)6/h7-14,19-20H,1,3,5,15-18H2,2,4,6H3. The quantitative estimate of drug-likeness (QED) is 0.0895. The minimum absolute atomic E-state index is 0.00201. The summed E-state index contributed by atoms with van der Waals surface area (Å²) in [5.41, 5.74) is 3.73. The minimum atomic E-state index is -0.699. The molecule has 0 aliphatic carbocycles. The Labute approximate surface area is 250 Å². The van der Waals surface area contributed by atoms with Crippen molar-refractivity contribution in [2.45, 2.75) is 20.8 Å². The second-order valence-corrected chi connectivity index (χ2v) is 9.58. The van der Waals surface area contributed by atoms with Crippen molar-refractivity contribution in [1.82, 2.24) is 0 Å². The van der Waals surface area contributed by atoms with Gasteiger partial charge in [0.05, 0.1) is 0 Å². The van der Waals surface area contributed by atoms with E-state index in [9.17, 15) is 18.8 Å². The molecule has 0 unspecified atom stereocenters. The lowest BCUT2D eigenvalue weighted by Crippen LogP contribution is -2.14. The fourth-order valence-electron chi connectivity index (χ4n) is 3.54. The smallest absolute Gasteiger partial charge is 0.338 e. The molecule has 3 aromatic rings. The third-order valence-electron chi connectivity index (χ3n) is 5.82.